The van der Waals surface area contributed by atoms with Crippen LogP contribution in [0, 0.1) is 0 Å². The highest BCUT2D eigenvalue weighted by atomic mass is 32.2. The van der Waals surface area contributed by atoms with Crippen molar-refractivity contribution in [2.45, 2.75) is 51.6 Å². The lowest BCUT2D eigenvalue weighted by Gasteiger charge is -2.03. The fraction of sp³-hybridized carbons (Fsp3) is 0.476. The molecule has 0 bridgehead atoms. The summed E-state index contributed by atoms with van der Waals surface area (Å²) in [5, 5.41) is 0. The first-order valence-corrected chi connectivity index (χ1v) is 10.6. The van der Waals surface area contributed by atoms with E-state index in [-0.39, 0.29) is 5.75 Å². The Morgan fingerprint density at radius 2 is 1.19 bits per heavy atom. The second-order valence-corrected chi connectivity index (χ2v) is 7.28. The van der Waals surface area contributed by atoms with E-state index in [0.717, 1.165) is 25.7 Å². The van der Waals surface area contributed by atoms with E-state index in [0.29, 0.717) is 12.8 Å². The minimum atomic E-state index is -4.90. The van der Waals surface area contributed by atoms with E-state index in [1.54, 1.807) is 6.08 Å². The van der Waals surface area contributed by atoms with Crippen molar-refractivity contribution in [3.05, 3.63) is 60.8 Å². The minimum absolute atomic E-state index is 0.0620. The maximum Gasteiger partial charge on any atom is 0.450 e. The number of alkyl halides is 3. The molecule has 0 N–H and O–H groups in total. The van der Waals surface area contributed by atoms with Crippen LogP contribution in [-0.2, 0) is 15.6 Å². The molecule has 0 saturated carbocycles. The van der Waals surface area contributed by atoms with Crippen LogP contribution in [0.3, 0.4) is 0 Å². The van der Waals surface area contributed by atoms with Crippen LogP contribution in [0.5, 0.6) is 0 Å². The van der Waals surface area contributed by atoms with Gasteiger partial charge in [-0.05, 0) is 38.5 Å². The van der Waals surface area contributed by atoms with Crippen molar-refractivity contribution >= 4 is 16.6 Å². The maximum absolute atomic E-state index is 12.0. The highest BCUT2D eigenvalue weighted by molar-refractivity contribution is 7.85. The van der Waals surface area contributed by atoms with Crippen molar-refractivity contribution in [3.63, 3.8) is 0 Å². The van der Waals surface area contributed by atoms with Gasteiger partial charge in [0, 0.05) is 16.6 Å². The van der Waals surface area contributed by atoms with E-state index >= 15 is 0 Å². The standard InChI is InChI=1S/C21H29F3O2S/c1-2-3-4-5-6-7-8-9-10-11-12-13-14-15-16-17-18-27(26)19-20(25)21(22,23)24/h3-4,6-7,9-10,12-13,15-16H,2,5,8,11,14,17-19H2,1H3/b4-3-,7-6-,10-9-,13-12-,16-15-. The van der Waals surface area contributed by atoms with E-state index in [4.69, 9.17) is 0 Å². The van der Waals surface area contributed by atoms with Crippen LogP contribution in [0.2, 0.25) is 0 Å². The number of halogens is 3. The predicted molar refractivity (Wildman–Crippen MR) is 108 cm³/mol. The van der Waals surface area contributed by atoms with Crippen LogP contribution < -0.4 is 0 Å². The second-order valence-electron chi connectivity index (χ2n) is 5.71. The van der Waals surface area contributed by atoms with Gasteiger partial charge < -0.3 is 0 Å². The smallest absolute Gasteiger partial charge is 0.289 e. The fourth-order valence-corrected chi connectivity index (χ4v) is 2.87. The Hall–Kier alpha value is -1.69. The molecule has 0 radical (unpaired) electrons. The zero-order valence-corrected chi connectivity index (χ0v) is 16.6. The van der Waals surface area contributed by atoms with Gasteiger partial charge in [-0.3, -0.25) is 9.00 Å². The molecule has 152 valence electrons. The van der Waals surface area contributed by atoms with E-state index in [9.17, 15) is 22.2 Å². The van der Waals surface area contributed by atoms with Gasteiger partial charge >= 0.3 is 6.18 Å². The van der Waals surface area contributed by atoms with Crippen LogP contribution in [0.15, 0.2) is 60.8 Å². The van der Waals surface area contributed by atoms with Gasteiger partial charge in [0.05, 0.1) is 5.75 Å². The lowest BCUT2D eigenvalue weighted by molar-refractivity contribution is -0.168. The third-order valence-electron chi connectivity index (χ3n) is 3.28. The van der Waals surface area contributed by atoms with Crippen LogP contribution in [-0.4, -0.2) is 27.7 Å². The molecular formula is C21H29F3O2S. The number of ketones is 1. The lowest BCUT2D eigenvalue weighted by atomic mass is 10.2. The van der Waals surface area contributed by atoms with Gasteiger partial charge in [-0.2, -0.15) is 13.2 Å². The monoisotopic (exact) mass is 402 g/mol. The SMILES string of the molecule is CC/C=C\C/C=C\C/C=C\C/C=C\C/C=C\CCS(=O)CC(=O)C(F)(F)F. The summed E-state index contributed by atoms with van der Waals surface area (Å²) in [6, 6.07) is 0. The number of hydrogen-bond acceptors (Lipinski definition) is 2. The molecule has 0 amide bonds. The lowest BCUT2D eigenvalue weighted by Crippen LogP contribution is -2.28. The maximum atomic E-state index is 12.0. The first-order valence-electron chi connectivity index (χ1n) is 9.07. The third-order valence-corrected chi connectivity index (χ3v) is 4.55. The minimum Gasteiger partial charge on any atom is -0.289 e. The summed E-state index contributed by atoms with van der Waals surface area (Å²) < 4.78 is 47.5. The summed E-state index contributed by atoms with van der Waals surface area (Å²) in [6.45, 7) is 2.11. The average Bonchev–Trinajstić information content (AvgIpc) is 2.60. The molecule has 0 fully saturated rings. The Morgan fingerprint density at radius 1 is 0.778 bits per heavy atom. The zero-order chi connectivity index (χ0) is 20.4. The van der Waals surface area contributed by atoms with Crippen molar-refractivity contribution in [1.82, 2.24) is 0 Å². The first kappa shape index (κ1) is 25.3. The quantitative estimate of drug-likeness (QED) is 0.334. The summed E-state index contributed by atoms with van der Waals surface area (Å²) in [5.41, 5.74) is 0. The molecule has 0 saturated heterocycles. The van der Waals surface area contributed by atoms with E-state index in [2.05, 4.69) is 43.4 Å². The van der Waals surface area contributed by atoms with Gasteiger partial charge in [0.25, 0.3) is 0 Å². The van der Waals surface area contributed by atoms with Crippen molar-refractivity contribution in [1.29, 1.82) is 0 Å². The van der Waals surface area contributed by atoms with Gasteiger partial charge in [0.1, 0.15) is 0 Å². The molecule has 6 heteroatoms. The number of hydrogen-bond donors (Lipinski definition) is 0. The summed E-state index contributed by atoms with van der Waals surface area (Å²) in [4.78, 5) is 10.7. The Kier molecular flexibility index (Phi) is 15.4. The summed E-state index contributed by atoms with van der Waals surface area (Å²) in [5.74, 6) is -2.81. The third kappa shape index (κ3) is 17.5. The van der Waals surface area contributed by atoms with Crippen LogP contribution in [0.4, 0.5) is 13.2 Å². The van der Waals surface area contributed by atoms with Gasteiger partial charge in [0.15, 0.2) is 0 Å². The Balaban J connectivity index is 3.71. The number of carbonyl (C=O) groups excluding carboxylic acids is 1. The Labute approximate surface area is 163 Å². The zero-order valence-electron chi connectivity index (χ0n) is 15.8. The van der Waals surface area contributed by atoms with Crippen LogP contribution in [0.1, 0.15) is 45.4 Å². The molecule has 0 aliphatic rings. The van der Waals surface area contributed by atoms with Crippen molar-refractivity contribution in [2.75, 3.05) is 11.5 Å². The topological polar surface area (TPSA) is 34.1 Å². The van der Waals surface area contributed by atoms with Crippen molar-refractivity contribution in [2.24, 2.45) is 0 Å². The van der Waals surface area contributed by atoms with Crippen molar-refractivity contribution in [3.8, 4) is 0 Å². The van der Waals surface area contributed by atoms with Crippen LogP contribution in [0.25, 0.3) is 0 Å². The highest BCUT2D eigenvalue weighted by Gasteiger charge is 2.38. The molecule has 0 rings (SSSR count). The van der Waals surface area contributed by atoms with Gasteiger partial charge in [0.2, 0.25) is 5.78 Å². The summed E-state index contributed by atoms with van der Waals surface area (Å²) >= 11 is 0. The fourth-order valence-electron chi connectivity index (χ4n) is 1.87. The molecule has 1 atom stereocenters. The highest BCUT2D eigenvalue weighted by Crippen LogP contribution is 2.16. The second kappa shape index (κ2) is 16.5. The number of carbonyl (C=O) groups is 1. The average molecular weight is 403 g/mol. The van der Waals surface area contributed by atoms with E-state index < -0.39 is 28.5 Å². The van der Waals surface area contributed by atoms with Gasteiger partial charge in [-0.1, -0.05) is 67.7 Å². The summed E-state index contributed by atoms with van der Waals surface area (Å²) in [7, 11) is -1.77. The first-order chi connectivity index (χ1) is 12.9. The van der Waals surface area contributed by atoms with E-state index in [1.807, 2.05) is 18.2 Å². The largest absolute Gasteiger partial charge is 0.450 e. The van der Waals surface area contributed by atoms with Crippen LogP contribution >= 0.6 is 0 Å². The van der Waals surface area contributed by atoms with Gasteiger partial charge in [-0.15, -0.1) is 0 Å². The predicted octanol–water partition coefficient (Wildman–Crippen LogP) is 6.01. The normalized spacial score (nSPS) is 14.5. The molecule has 27 heavy (non-hydrogen) atoms. The number of Topliss-reactive ketones (excluding diaryl/α,β-unsaturated/α-hetero) is 1. The van der Waals surface area contributed by atoms with Gasteiger partial charge in [-0.25, -0.2) is 0 Å². The molecule has 0 aromatic carbocycles. The Morgan fingerprint density at radius 3 is 1.59 bits per heavy atom. The summed E-state index contributed by atoms with van der Waals surface area (Å²) in [6.07, 6.45) is 20.5. The molecule has 0 heterocycles. The van der Waals surface area contributed by atoms with E-state index in [1.165, 1.54) is 0 Å². The molecule has 2 nitrogen and oxygen atoms in total. The number of allylic oxidation sites excluding steroid dienone is 10. The molecule has 0 aromatic heterocycles. The Bertz CT molecular complexity index is 570. The molecule has 0 aliphatic heterocycles. The molecule has 1 unspecified atom stereocenters. The molecule has 0 aromatic rings. The molecule has 0 spiro atoms. The molecule has 0 aliphatic carbocycles. The molecular weight excluding hydrogens is 373 g/mol. The van der Waals surface area contributed by atoms with Crippen molar-refractivity contribution < 1.29 is 22.2 Å². The number of rotatable bonds is 14.